The van der Waals surface area contributed by atoms with Crippen molar-refractivity contribution in [3.63, 3.8) is 0 Å². The molecular formula is C16H15N3O3. The molecule has 3 rings (SSSR count). The number of hydrogen-bond donors (Lipinski definition) is 1. The van der Waals surface area contributed by atoms with Gasteiger partial charge in [0.15, 0.2) is 6.10 Å². The summed E-state index contributed by atoms with van der Waals surface area (Å²) in [6.07, 6.45) is 2.57. The van der Waals surface area contributed by atoms with E-state index in [-0.39, 0.29) is 11.8 Å². The number of ether oxygens (including phenoxy) is 1. The van der Waals surface area contributed by atoms with Crippen molar-refractivity contribution in [2.24, 2.45) is 0 Å². The van der Waals surface area contributed by atoms with Crippen LogP contribution in [0.3, 0.4) is 0 Å². The summed E-state index contributed by atoms with van der Waals surface area (Å²) in [6, 6.07) is 8.58. The van der Waals surface area contributed by atoms with E-state index in [2.05, 4.69) is 10.3 Å². The predicted molar refractivity (Wildman–Crippen MR) is 82.1 cm³/mol. The monoisotopic (exact) mass is 297 g/mol. The maximum Gasteiger partial charge on any atom is 0.267 e. The summed E-state index contributed by atoms with van der Waals surface area (Å²) in [6.45, 7) is 1.70. The zero-order valence-electron chi connectivity index (χ0n) is 12.2. The number of aromatic nitrogens is 1. The van der Waals surface area contributed by atoms with E-state index in [1.165, 1.54) is 6.20 Å². The highest BCUT2D eigenvalue weighted by atomic mass is 16.5. The molecule has 2 aromatic rings. The Balaban J connectivity index is 1.84. The molecule has 6 heteroatoms. The van der Waals surface area contributed by atoms with Crippen LogP contribution in [0.5, 0.6) is 5.75 Å². The van der Waals surface area contributed by atoms with E-state index in [0.29, 0.717) is 22.7 Å². The van der Waals surface area contributed by atoms with Crippen molar-refractivity contribution in [1.82, 2.24) is 4.98 Å². The van der Waals surface area contributed by atoms with Crippen molar-refractivity contribution < 1.29 is 14.3 Å². The lowest BCUT2D eigenvalue weighted by molar-refractivity contribution is -0.125. The van der Waals surface area contributed by atoms with Gasteiger partial charge in [-0.1, -0.05) is 0 Å². The lowest BCUT2D eigenvalue weighted by atomic mass is 10.1. The Morgan fingerprint density at radius 1 is 1.36 bits per heavy atom. The van der Waals surface area contributed by atoms with Gasteiger partial charge in [-0.25, -0.2) is 0 Å². The number of carbonyl (C=O) groups excluding carboxylic acids is 2. The average Bonchev–Trinajstić information content (AvgIpc) is 2.53. The Hall–Kier alpha value is -2.89. The van der Waals surface area contributed by atoms with Crippen molar-refractivity contribution in [2.45, 2.75) is 13.0 Å². The molecule has 6 nitrogen and oxygen atoms in total. The van der Waals surface area contributed by atoms with Gasteiger partial charge in [-0.3, -0.25) is 14.6 Å². The Kier molecular flexibility index (Phi) is 3.50. The topological polar surface area (TPSA) is 71.5 Å². The van der Waals surface area contributed by atoms with Crippen molar-refractivity contribution in [3.8, 4) is 5.75 Å². The molecule has 0 aliphatic carbocycles. The molecule has 0 fully saturated rings. The van der Waals surface area contributed by atoms with Gasteiger partial charge in [-0.15, -0.1) is 0 Å². The molecule has 0 saturated carbocycles. The van der Waals surface area contributed by atoms with Gasteiger partial charge >= 0.3 is 0 Å². The smallest absolute Gasteiger partial charge is 0.267 e. The Bertz CT molecular complexity index is 731. The normalized spacial score (nSPS) is 16.7. The average molecular weight is 297 g/mol. The minimum atomic E-state index is -0.540. The standard InChI is InChI=1S/C16H15N3O3/c1-10-16(21)19(2)13-6-5-12(8-14(13)22-10)18-15(20)11-4-3-7-17-9-11/h3-10H,1-2H3,(H,18,20). The number of hydrogen-bond acceptors (Lipinski definition) is 4. The van der Waals surface area contributed by atoms with Gasteiger partial charge in [0.2, 0.25) is 0 Å². The lowest BCUT2D eigenvalue weighted by Gasteiger charge is -2.30. The van der Waals surface area contributed by atoms with Crippen LogP contribution < -0.4 is 15.0 Å². The van der Waals surface area contributed by atoms with E-state index in [9.17, 15) is 9.59 Å². The molecule has 112 valence electrons. The zero-order chi connectivity index (χ0) is 15.7. The van der Waals surface area contributed by atoms with E-state index in [1.54, 1.807) is 55.4 Å². The van der Waals surface area contributed by atoms with E-state index in [4.69, 9.17) is 4.74 Å². The molecule has 1 atom stereocenters. The van der Waals surface area contributed by atoms with Gasteiger partial charge in [0.1, 0.15) is 5.75 Å². The number of likely N-dealkylation sites (N-methyl/N-ethyl adjacent to an activating group) is 1. The fourth-order valence-electron chi connectivity index (χ4n) is 2.30. The molecule has 0 radical (unpaired) electrons. The summed E-state index contributed by atoms with van der Waals surface area (Å²) in [5.74, 6) is 0.222. The first-order valence-corrected chi connectivity index (χ1v) is 6.86. The van der Waals surface area contributed by atoms with Gasteiger partial charge in [0.25, 0.3) is 11.8 Å². The highest BCUT2D eigenvalue weighted by molar-refractivity contribution is 6.05. The van der Waals surface area contributed by atoms with Crippen LogP contribution in [-0.2, 0) is 4.79 Å². The van der Waals surface area contributed by atoms with Crippen LogP contribution in [0.4, 0.5) is 11.4 Å². The minimum Gasteiger partial charge on any atom is -0.479 e. The fraction of sp³-hybridized carbons (Fsp3) is 0.188. The van der Waals surface area contributed by atoms with Gasteiger partial charge in [0.05, 0.1) is 11.3 Å². The third kappa shape index (κ3) is 2.50. The largest absolute Gasteiger partial charge is 0.479 e. The molecule has 0 spiro atoms. The fourth-order valence-corrected chi connectivity index (χ4v) is 2.30. The van der Waals surface area contributed by atoms with Crippen LogP contribution in [0.15, 0.2) is 42.7 Å². The van der Waals surface area contributed by atoms with Crippen molar-refractivity contribution in [3.05, 3.63) is 48.3 Å². The van der Waals surface area contributed by atoms with Crippen LogP contribution in [0.1, 0.15) is 17.3 Å². The SMILES string of the molecule is CC1Oc2cc(NC(=O)c3cccnc3)ccc2N(C)C1=O. The van der Waals surface area contributed by atoms with Gasteiger partial charge in [-0.05, 0) is 31.2 Å². The molecule has 0 bridgehead atoms. The third-order valence-corrected chi connectivity index (χ3v) is 3.48. The number of pyridine rings is 1. The molecule has 1 aliphatic heterocycles. The maximum absolute atomic E-state index is 12.1. The highest BCUT2D eigenvalue weighted by Gasteiger charge is 2.28. The summed E-state index contributed by atoms with van der Waals surface area (Å²) in [5.41, 5.74) is 1.76. The molecular weight excluding hydrogens is 282 g/mol. The zero-order valence-corrected chi connectivity index (χ0v) is 12.2. The molecule has 1 aliphatic rings. The van der Waals surface area contributed by atoms with Gasteiger partial charge in [-0.2, -0.15) is 0 Å². The second kappa shape index (κ2) is 5.48. The third-order valence-electron chi connectivity index (χ3n) is 3.48. The van der Waals surface area contributed by atoms with Crippen LogP contribution >= 0.6 is 0 Å². The quantitative estimate of drug-likeness (QED) is 0.921. The number of fused-ring (bicyclic) bond motifs is 1. The van der Waals surface area contributed by atoms with Crippen LogP contribution in [0, 0.1) is 0 Å². The maximum atomic E-state index is 12.1. The van der Waals surface area contributed by atoms with Crippen molar-refractivity contribution in [1.29, 1.82) is 0 Å². The van der Waals surface area contributed by atoms with E-state index in [1.807, 2.05) is 0 Å². The number of rotatable bonds is 2. The number of anilines is 2. The second-order valence-electron chi connectivity index (χ2n) is 5.04. The summed E-state index contributed by atoms with van der Waals surface area (Å²) in [4.78, 5) is 29.4. The molecule has 1 unspecified atom stereocenters. The molecule has 1 aromatic heterocycles. The van der Waals surface area contributed by atoms with E-state index < -0.39 is 6.10 Å². The minimum absolute atomic E-state index is 0.0976. The van der Waals surface area contributed by atoms with E-state index in [0.717, 1.165) is 0 Å². The first-order chi connectivity index (χ1) is 10.6. The first kappa shape index (κ1) is 14.1. The number of nitrogens with zero attached hydrogens (tertiary/aromatic N) is 2. The highest BCUT2D eigenvalue weighted by Crippen LogP contribution is 2.35. The van der Waals surface area contributed by atoms with Gasteiger partial charge < -0.3 is 15.0 Å². The number of amides is 2. The number of nitrogens with one attached hydrogen (secondary N) is 1. The van der Waals surface area contributed by atoms with Crippen LogP contribution in [-0.4, -0.2) is 29.9 Å². The number of benzene rings is 1. The van der Waals surface area contributed by atoms with E-state index >= 15 is 0 Å². The second-order valence-corrected chi connectivity index (χ2v) is 5.04. The Morgan fingerprint density at radius 2 is 2.18 bits per heavy atom. The van der Waals surface area contributed by atoms with Crippen molar-refractivity contribution >= 4 is 23.2 Å². The Labute approximate surface area is 127 Å². The van der Waals surface area contributed by atoms with Gasteiger partial charge in [0, 0.05) is 31.2 Å². The number of carbonyl (C=O) groups is 2. The first-order valence-electron chi connectivity index (χ1n) is 6.86. The summed E-state index contributed by atoms with van der Waals surface area (Å²) >= 11 is 0. The van der Waals surface area contributed by atoms with Crippen LogP contribution in [0.2, 0.25) is 0 Å². The lowest BCUT2D eigenvalue weighted by Crippen LogP contribution is -2.41. The summed E-state index contributed by atoms with van der Waals surface area (Å²) in [7, 11) is 1.70. The summed E-state index contributed by atoms with van der Waals surface area (Å²) in [5, 5.41) is 2.79. The summed E-state index contributed by atoms with van der Waals surface area (Å²) < 4.78 is 5.59. The molecule has 1 N–H and O–H groups in total. The van der Waals surface area contributed by atoms with Crippen LogP contribution in [0.25, 0.3) is 0 Å². The van der Waals surface area contributed by atoms with Crippen molar-refractivity contribution in [2.75, 3.05) is 17.3 Å². The predicted octanol–water partition coefficient (Wildman–Crippen LogP) is 2.08. The molecule has 2 amide bonds. The molecule has 2 heterocycles. The Morgan fingerprint density at radius 3 is 2.91 bits per heavy atom. The molecule has 22 heavy (non-hydrogen) atoms. The molecule has 1 aromatic carbocycles. The molecule has 0 saturated heterocycles.